The Balaban J connectivity index is 2.04. The molecule has 18 heavy (non-hydrogen) atoms. The highest BCUT2D eigenvalue weighted by Gasteiger charge is 2.11. The number of para-hydroxylation sites is 1. The monoisotopic (exact) mass is 244 g/mol. The number of carbonyl (C=O) groups excluding carboxylic acids is 1. The zero-order valence-corrected chi connectivity index (χ0v) is 11.0. The molecule has 2 rings (SSSR count). The topological polar surface area (TPSA) is 44.9 Å². The molecule has 0 aliphatic rings. The van der Waals surface area contributed by atoms with Crippen LogP contribution < -0.4 is 5.32 Å². The van der Waals surface area contributed by atoms with E-state index in [1.807, 2.05) is 25.1 Å². The summed E-state index contributed by atoms with van der Waals surface area (Å²) in [5.74, 6) is 0.128. The van der Waals surface area contributed by atoms with E-state index in [4.69, 9.17) is 0 Å². The normalized spacial score (nSPS) is 12.6. The summed E-state index contributed by atoms with van der Waals surface area (Å²) in [6.45, 7) is 4.10. The van der Waals surface area contributed by atoms with Crippen molar-refractivity contribution in [2.75, 3.05) is 0 Å². The first-order valence-electron chi connectivity index (χ1n) is 6.57. The molecule has 3 nitrogen and oxygen atoms in total. The summed E-state index contributed by atoms with van der Waals surface area (Å²) in [5.41, 5.74) is 2.17. The van der Waals surface area contributed by atoms with Crippen molar-refractivity contribution >= 4 is 16.8 Å². The molecule has 0 aliphatic heterocycles. The van der Waals surface area contributed by atoms with Crippen molar-refractivity contribution in [2.45, 2.75) is 39.2 Å². The van der Waals surface area contributed by atoms with E-state index in [0.29, 0.717) is 6.42 Å². The Morgan fingerprint density at radius 2 is 2.17 bits per heavy atom. The number of H-pyrrole nitrogens is 1. The molecule has 1 heterocycles. The number of aromatic amines is 1. The maximum atomic E-state index is 11.7. The van der Waals surface area contributed by atoms with Crippen LogP contribution in [0.2, 0.25) is 0 Å². The second-order valence-corrected chi connectivity index (χ2v) is 4.70. The third kappa shape index (κ3) is 2.92. The highest BCUT2D eigenvalue weighted by molar-refractivity contribution is 5.81. The summed E-state index contributed by atoms with van der Waals surface area (Å²) >= 11 is 0. The Morgan fingerprint density at radius 1 is 1.39 bits per heavy atom. The first-order chi connectivity index (χ1) is 8.70. The van der Waals surface area contributed by atoms with E-state index in [2.05, 4.69) is 29.4 Å². The molecule has 0 bridgehead atoms. The lowest BCUT2D eigenvalue weighted by atomic mass is 10.2. The van der Waals surface area contributed by atoms with Crippen molar-refractivity contribution in [1.29, 1.82) is 0 Å². The maximum Gasteiger partial charge on any atom is 0.220 e. The molecule has 2 aromatic rings. The van der Waals surface area contributed by atoms with Crippen LogP contribution in [0.1, 0.15) is 44.8 Å². The summed E-state index contributed by atoms with van der Waals surface area (Å²) in [6.07, 6.45) is 2.61. The molecule has 0 aliphatic carbocycles. The molecule has 1 aromatic heterocycles. The average molecular weight is 244 g/mol. The molecule has 96 valence electrons. The Morgan fingerprint density at radius 3 is 2.89 bits per heavy atom. The van der Waals surface area contributed by atoms with Gasteiger partial charge in [0, 0.05) is 17.6 Å². The number of benzene rings is 1. The largest absolute Gasteiger partial charge is 0.357 e. The minimum atomic E-state index is 0.0294. The maximum absolute atomic E-state index is 11.7. The summed E-state index contributed by atoms with van der Waals surface area (Å²) in [7, 11) is 0. The first kappa shape index (κ1) is 12.7. The van der Waals surface area contributed by atoms with E-state index in [1.54, 1.807) is 0 Å². The van der Waals surface area contributed by atoms with Gasteiger partial charge in [-0.2, -0.15) is 0 Å². The van der Waals surface area contributed by atoms with Gasteiger partial charge in [0.2, 0.25) is 5.91 Å². The van der Waals surface area contributed by atoms with E-state index in [-0.39, 0.29) is 11.9 Å². The van der Waals surface area contributed by atoms with Crippen molar-refractivity contribution in [2.24, 2.45) is 0 Å². The number of nitrogens with one attached hydrogen (secondary N) is 2. The van der Waals surface area contributed by atoms with Gasteiger partial charge in [-0.1, -0.05) is 31.5 Å². The van der Waals surface area contributed by atoms with Crippen LogP contribution in [0, 0.1) is 0 Å². The summed E-state index contributed by atoms with van der Waals surface area (Å²) < 4.78 is 0. The fraction of sp³-hybridized carbons (Fsp3) is 0.400. The van der Waals surface area contributed by atoms with Gasteiger partial charge in [0.15, 0.2) is 0 Å². The fourth-order valence-corrected chi connectivity index (χ4v) is 2.06. The highest BCUT2D eigenvalue weighted by Crippen LogP contribution is 2.19. The quantitative estimate of drug-likeness (QED) is 0.830. The smallest absolute Gasteiger partial charge is 0.220 e. The molecular weight excluding hydrogens is 224 g/mol. The van der Waals surface area contributed by atoms with Crippen molar-refractivity contribution < 1.29 is 4.79 Å². The lowest BCUT2D eigenvalue weighted by Gasteiger charge is -2.12. The van der Waals surface area contributed by atoms with Gasteiger partial charge in [-0.25, -0.2) is 0 Å². The third-order valence-corrected chi connectivity index (χ3v) is 3.15. The van der Waals surface area contributed by atoms with E-state index < -0.39 is 0 Å². The lowest BCUT2D eigenvalue weighted by molar-refractivity contribution is -0.121. The van der Waals surface area contributed by atoms with Gasteiger partial charge in [0.1, 0.15) is 0 Å². The Hall–Kier alpha value is -1.77. The van der Waals surface area contributed by atoms with Crippen LogP contribution in [-0.4, -0.2) is 10.9 Å². The minimum absolute atomic E-state index is 0.0294. The van der Waals surface area contributed by atoms with Gasteiger partial charge >= 0.3 is 0 Å². The van der Waals surface area contributed by atoms with Gasteiger partial charge in [-0.3, -0.25) is 4.79 Å². The molecule has 1 amide bonds. The summed E-state index contributed by atoms with van der Waals surface area (Å²) in [4.78, 5) is 15.0. The second-order valence-electron chi connectivity index (χ2n) is 4.70. The molecule has 2 N–H and O–H groups in total. The van der Waals surface area contributed by atoms with E-state index >= 15 is 0 Å². The molecule has 1 unspecified atom stereocenters. The standard InChI is InChI=1S/C15H20N2O/c1-3-4-9-15(18)16-11(2)14-10-12-7-5-6-8-13(12)17-14/h5-8,10-11,17H,3-4,9H2,1-2H3,(H,16,18). The molecule has 0 saturated heterocycles. The molecule has 0 radical (unpaired) electrons. The van der Waals surface area contributed by atoms with Crippen LogP contribution in [0.5, 0.6) is 0 Å². The van der Waals surface area contributed by atoms with Crippen LogP contribution in [0.3, 0.4) is 0 Å². The Kier molecular flexibility index (Phi) is 4.03. The SMILES string of the molecule is CCCCC(=O)NC(C)c1cc2ccccc2[nH]1. The minimum Gasteiger partial charge on any atom is -0.357 e. The fourth-order valence-electron chi connectivity index (χ4n) is 2.06. The van der Waals surface area contributed by atoms with Gasteiger partial charge in [-0.05, 0) is 30.9 Å². The molecule has 0 saturated carbocycles. The number of amides is 1. The number of hydrogen-bond donors (Lipinski definition) is 2. The Labute approximate surface area is 108 Å². The number of rotatable bonds is 5. The van der Waals surface area contributed by atoms with Gasteiger partial charge in [0.05, 0.1) is 6.04 Å². The lowest BCUT2D eigenvalue weighted by Crippen LogP contribution is -2.26. The van der Waals surface area contributed by atoms with Crippen molar-refractivity contribution in [3.05, 3.63) is 36.0 Å². The predicted octanol–water partition coefficient (Wildman–Crippen LogP) is 3.54. The molecule has 0 fully saturated rings. The zero-order chi connectivity index (χ0) is 13.0. The third-order valence-electron chi connectivity index (χ3n) is 3.15. The highest BCUT2D eigenvalue weighted by atomic mass is 16.1. The second kappa shape index (κ2) is 5.71. The molecule has 3 heteroatoms. The van der Waals surface area contributed by atoms with Crippen LogP contribution in [-0.2, 0) is 4.79 Å². The van der Waals surface area contributed by atoms with Crippen molar-refractivity contribution in [3.8, 4) is 0 Å². The van der Waals surface area contributed by atoms with Gasteiger partial charge in [0.25, 0.3) is 0 Å². The molecule has 1 aromatic carbocycles. The van der Waals surface area contributed by atoms with Crippen LogP contribution in [0.25, 0.3) is 10.9 Å². The van der Waals surface area contributed by atoms with E-state index in [1.165, 1.54) is 5.39 Å². The van der Waals surface area contributed by atoms with Crippen molar-refractivity contribution in [3.63, 3.8) is 0 Å². The zero-order valence-electron chi connectivity index (χ0n) is 11.0. The summed E-state index contributed by atoms with van der Waals surface area (Å²) in [6, 6.07) is 10.3. The van der Waals surface area contributed by atoms with E-state index in [0.717, 1.165) is 24.1 Å². The molecule has 1 atom stereocenters. The molecular formula is C15H20N2O. The number of aromatic nitrogens is 1. The number of unbranched alkanes of at least 4 members (excludes halogenated alkanes) is 1. The van der Waals surface area contributed by atoms with Crippen LogP contribution >= 0.6 is 0 Å². The van der Waals surface area contributed by atoms with Crippen LogP contribution in [0.4, 0.5) is 0 Å². The van der Waals surface area contributed by atoms with Crippen molar-refractivity contribution in [1.82, 2.24) is 10.3 Å². The Bertz CT molecular complexity index is 497. The first-order valence-corrected chi connectivity index (χ1v) is 6.57. The predicted molar refractivity (Wildman–Crippen MR) is 74.4 cm³/mol. The van der Waals surface area contributed by atoms with Gasteiger partial charge in [-0.15, -0.1) is 0 Å². The average Bonchev–Trinajstić information content (AvgIpc) is 2.80. The van der Waals surface area contributed by atoms with Gasteiger partial charge < -0.3 is 10.3 Å². The summed E-state index contributed by atoms with van der Waals surface area (Å²) in [5, 5.41) is 4.20. The number of hydrogen-bond acceptors (Lipinski definition) is 1. The van der Waals surface area contributed by atoms with E-state index in [9.17, 15) is 4.79 Å². The molecule has 0 spiro atoms. The number of carbonyl (C=O) groups is 1. The van der Waals surface area contributed by atoms with Crippen LogP contribution in [0.15, 0.2) is 30.3 Å². The number of fused-ring (bicyclic) bond motifs is 1.